The number of anilines is 1. The van der Waals surface area contributed by atoms with Crippen molar-refractivity contribution in [1.82, 2.24) is 14.9 Å². The summed E-state index contributed by atoms with van der Waals surface area (Å²) in [6, 6.07) is 4.96. The van der Waals surface area contributed by atoms with Gasteiger partial charge in [-0.25, -0.2) is 19.2 Å². The Labute approximate surface area is 172 Å². The molecular formula is C21H23F3N4O2. The number of halogens is 3. The molecule has 2 aliphatic heterocycles. The first-order valence-electron chi connectivity index (χ1n) is 9.86. The molecule has 3 atom stereocenters. The summed E-state index contributed by atoms with van der Waals surface area (Å²) in [7, 11) is 0. The predicted molar refractivity (Wildman–Crippen MR) is 105 cm³/mol. The van der Waals surface area contributed by atoms with Gasteiger partial charge < -0.3 is 15.0 Å². The molecule has 1 aromatic carbocycles. The van der Waals surface area contributed by atoms with Crippen LogP contribution in [0.25, 0.3) is 11.4 Å². The van der Waals surface area contributed by atoms with Crippen molar-refractivity contribution < 1.29 is 22.7 Å². The third-order valence-electron chi connectivity index (χ3n) is 5.94. The maximum atomic E-state index is 13.1. The first-order chi connectivity index (χ1) is 14.3. The van der Waals surface area contributed by atoms with E-state index in [0.29, 0.717) is 35.8 Å². The Morgan fingerprint density at radius 3 is 2.77 bits per heavy atom. The molecule has 160 valence electrons. The third-order valence-corrected chi connectivity index (χ3v) is 5.94. The van der Waals surface area contributed by atoms with Crippen LogP contribution in [0.5, 0.6) is 0 Å². The van der Waals surface area contributed by atoms with Gasteiger partial charge in [0.1, 0.15) is 0 Å². The van der Waals surface area contributed by atoms with E-state index in [9.17, 15) is 18.0 Å². The zero-order valence-electron chi connectivity index (χ0n) is 16.7. The molecule has 2 unspecified atom stereocenters. The van der Waals surface area contributed by atoms with E-state index >= 15 is 0 Å². The lowest BCUT2D eigenvalue weighted by Crippen LogP contribution is -2.74. The van der Waals surface area contributed by atoms with E-state index in [0.717, 1.165) is 24.4 Å². The molecule has 2 fully saturated rings. The molecule has 1 aromatic heterocycles. The van der Waals surface area contributed by atoms with Crippen LogP contribution in [0.2, 0.25) is 0 Å². The molecular weight excluding hydrogens is 397 g/mol. The fourth-order valence-corrected chi connectivity index (χ4v) is 4.83. The van der Waals surface area contributed by atoms with Crippen molar-refractivity contribution in [3.63, 3.8) is 0 Å². The zero-order valence-corrected chi connectivity index (χ0v) is 16.7. The van der Waals surface area contributed by atoms with Gasteiger partial charge in [0.05, 0.1) is 24.5 Å². The summed E-state index contributed by atoms with van der Waals surface area (Å²) in [5, 5.41) is 2.86. The highest BCUT2D eigenvalue weighted by Gasteiger charge is 2.58. The van der Waals surface area contributed by atoms with Crippen molar-refractivity contribution in [2.75, 3.05) is 11.9 Å². The summed E-state index contributed by atoms with van der Waals surface area (Å²) in [6.07, 6.45) is 4.31. The van der Waals surface area contributed by atoms with E-state index in [1.54, 1.807) is 17.0 Å². The largest absolute Gasteiger partial charge is 0.345 e. The highest BCUT2D eigenvalue weighted by Crippen LogP contribution is 2.50. The number of amides is 2. The van der Waals surface area contributed by atoms with Gasteiger partial charge in [-0.2, -0.15) is 8.78 Å². The van der Waals surface area contributed by atoms with Gasteiger partial charge in [-0.3, -0.25) is 0 Å². The molecule has 30 heavy (non-hydrogen) atoms. The highest BCUT2D eigenvalue weighted by atomic mass is 19.3. The van der Waals surface area contributed by atoms with Gasteiger partial charge in [0.2, 0.25) is 0 Å². The molecule has 0 spiro atoms. The number of urea groups is 1. The van der Waals surface area contributed by atoms with Crippen molar-refractivity contribution >= 4 is 11.7 Å². The number of rotatable bonds is 5. The van der Waals surface area contributed by atoms with E-state index in [-0.39, 0.29) is 18.7 Å². The highest BCUT2D eigenvalue weighted by molar-refractivity contribution is 5.91. The molecule has 2 aromatic rings. The van der Waals surface area contributed by atoms with Crippen LogP contribution < -0.4 is 5.32 Å². The Kier molecular flexibility index (Phi) is 5.40. The van der Waals surface area contributed by atoms with E-state index < -0.39 is 18.0 Å². The molecule has 6 nitrogen and oxygen atoms in total. The Balaban J connectivity index is 1.53. The van der Waals surface area contributed by atoms with Crippen LogP contribution >= 0.6 is 0 Å². The number of aryl methyl sites for hydroxylation is 1. The van der Waals surface area contributed by atoms with Crippen LogP contribution in [0.4, 0.5) is 23.7 Å². The van der Waals surface area contributed by atoms with Crippen molar-refractivity contribution in [2.24, 2.45) is 5.92 Å². The molecule has 3 heterocycles. The summed E-state index contributed by atoms with van der Waals surface area (Å²) >= 11 is 0. The number of nitrogens with one attached hydrogen (secondary N) is 1. The quantitative estimate of drug-likeness (QED) is 0.767. The molecule has 2 aliphatic rings. The van der Waals surface area contributed by atoms with Crippen LogP contribution in [0.1, 0.15) is 31.7 Å². The SMILES string of the molecule is Cc1ccc(NC(=O)N2C3C[C@@H](C)CC2(COC(F)F)C3)cc1-c1ncc(F)cn1. The number of piperidine rings is 1. The van der Waals surface area contributed by atoms with Crippen LogP contribution in [0, 0.1) is 18.7 Å². The molecule has 2 amide bonds. The van der Waals surface area contributed by atoms with E-state index in [4.69, 9.17) is 0 Å². The standard InChI is InChI=1S/C21H23F3N4O2/c1-12-5-16-8-21(7-12,11-30-19(23)24)28(16)20(29)27-15-4-3-13(2)17(6-15)18-25-9-14(22)10-26-18/h3-4,6,9-10,12,16,19H,5,7-8,11H2,1-2H3,(H,27,29)/t12-,16?,21?/m1/s1. The normalized spacial score (nSPS) is 25.2. The second-order valence-corrected chi connectivity index (χ2v) is 8.25. The Morgan fingerprint density at radius 2 is 2.07 bits per heavy atom. The fraction of sp³-hybridized carbons (Fsp3) is 0.476. The zero-order chi connectivity index (χ0) is 21.5. The lowest BCUT2D eigenvalue weighted by molar-refractivity contribution is -0.194. The number of benzene rings is 1. The molecule has 0 radical (unpaired) electrons. The summed E-state index contributed by atoms with van der Waals surface area (Å²) in [5.74, 6) is 0.160. The van der Waals surface area contributed by atoms with Gasteiger partial charge in [0.25, 0.3) is 0 Å². The minimum Gasteiger partial charge on any atom is -0.320 e. The summed E-state index contributed by atoms with van der Waals surface area (Å²) in [6.45, 7) is 0.886. The molecule has 9 heteroatoms. The Morgan fingerprint density at radius 1 is 1.33 bits per heavy atom. The number of aromatic nitrogens is 2. The van der Waals surface area contributed by atoms with Crippen LogP contribution in [-0.4, -0.2) is 45.7 Å². The number of fused-ring (bicyclic) bond motifs is 2. The average Bonchev–Trinajstić information content (AvgIpc) is 2.68. The van der Waals surface area contributed by atoms with E-state index in [1.807, 2.05) is 13.0 Å². The summed E-state index contributed by atoms with van der Waals surface area (Å²) in [5.41, 5.74) is 1.37. The Bertz CT molecular complexity index is 940. The maximum Gasteiger partial charge on any atom is 0.345 e. The first kappa shape index (κ1) is 20.6. The van der Waals surface area contributed by atoms with Crippen LogP contribution in [-0.2, 0) is 4.74 Å². The van der Waals surface area contributed by atoms with Crippen LogP contribution in [0.3, 0.4) is 0 Å². The topological polar surface area (TPSA) is 67.4 Å². The molecule has 4 rings (SSSR count). The number of alkyl halides is 2. The maximum absolute atomic E-state index is 13.1. The fourth-order valence-electron chi connectivity index (χ4n) is 4.83. The van der Waals surface area contributed by atoms with Crippen molar-refractivity contribution in [2.45, 2.75) is 51.3 Å². The lowest BCUT2D eigenvalue weighted by atomic mass is 9.65. The van der Waals surface area contributed by atoms with Crippen LogP contribution in [0.15, 0.2) is 30.6 Å². The molecule has 1 N–H and O–H groups in total. The van der Waals surface area contributed by atoms with Gasteiger partial charge in [0.15, 0.2) is 11.6 Å². The monoisotopic (exact) mass is 420 g/mol. The van der Waals surface area contributed by atoms with Gasteiger partial charge in [-0.05, 0) is 49.8 Å². The molecule has 2 saturated heterocycles. The number of carbonyl (C=O) groups excluding carboxylic acids is 1. The molecule has 0 saturated carbocycles. The molecule has 0 aliphatic carbocycles. The minimum absolute atomic E-state index is 0.0142. The minimum atomic E-state index is -2.86. The van der Waals surface area contributed by atoms with Gasteiger partial charge in [0, 0.05) is 17.3 Å². The lowest BCUT2D eigenvalue weighted by Gasteiger charge is -2.63. The number of carbonyl (C=O) groups is 1. The molecule has 2 bridgehead atoms. The van der Waals surface area contributed by atoms with E-state index in [2.05, 4.69) is 26.9 Å². The van der Waals surface area contributed by atoms with Gasteiger partial charge in [-0.15, -0.1) is 0 Å². The Hall–Kier alpha value is -2.68. The van der Waals surface area contributed by atoms with Crippen molar-refractivity contribution in [3.8, 4) is 11.4 Å². The number of ether oxygens (including phenoxy) is 1. The number of nitrogens with zero attached hydrogens (tertiary/aromatic N) is 3. The third kappa shape index (κ3) is 3.86. The van der Waals surface area contributed by atoms with E-state index in [1.165, 1.54) is 0 Å². The van der Waals surface area contributed by atoms with Gasteiger partial charge in [-0.1, -0.05) is 13.0 Å². The van der Waals surface area contributed by atoms with Crippen molar-refractivity contribution in [1.29, 1.82) is 0 Å². The second kappa shape index (κ2) is 7.86. The van der Waals surface area contributed by atoms with Crippen molar-refractivity contribution in [3.05, 3.63) is 42.0 Å². The number of hydrogen-bond donors (Lipinski definition) is 1. The summed E-state index contributed by atoms with van der Waals surface area (Å²) in [4.78, 5) is 22.7. The average molecular weight is 420 g/mol. The predicted octanol–water partition coefficient (Wildman–Crippen LogP) is 4.61. The smallest absolute Gasteiger partial charge is 0.320 e. The number of hydrogen-bond acceptors (Lipinski definition) is 4. The first-order valence-corrected chi connectivity index (χ1v) is 9.86. The second-order valence-electron chi connectivity index (χ2n) is 8.25. The van der Waals surface area contributed by atoms with Gasteiger partial charge >= 0.3 is 12.6 Å². The summed E-state index contributed by atoms with van der Waals surface area (Å²) < 4.78 is 43.0.